The average molecular weight is 280 g/mol. The molecule has 0 unspecified atom stereocenters. The highest BCUT2D eigenvalue weighted by Gasteiger charge is 2.01. The lowest BCUT2D eigenvalue weighted by molar-refractivity contribution is 1.44. The van der Waals surface area contributed by atoms with E-state index in [0.29, 0.717) is 15.7 Å². The Balaban J connectivity index is 2.18. The lowest BCUT2D eigenvalue weighted by Crippen LogP contribution is -2.21. The highest BCUT2D eigenvalue weighted by Crippen LogP contribution is 2.27. The molecule has 0 radical (unpaired) electrons. The Labute approximate surface area is 115 Å². The lowest BCUT2D eigenvalue weighted by Gasteiger charge is -2.05. The van der Waals surface area contributed by atoms with E-state index in [9.17, 15) is 0 Å². The summed E-state index contributed by atoms with van der Waals surface area (Å²) in [6.45, 7) is 0. The third-order valence-corrected chi connectivity index (χ3v) is 2.73. The van der Waals surface area contributed by atoms with Crippen LogP contribution < -0.4 is 11.1 Å². The minimum absolute atomic E-state index is 0.269. The summed E-state index contributed by atoms with van der Waals surface area (Å²) in [6, 6.07) is 14.6. The summed E-state index contributed by atoms with van der Waals surface area (Å²) in [7, 11) is 0. The molecule has 3 N–H and O–H groups in total. The van der Waals surface area contributed by atoms with Crippen molar-refractivity contribution < 1.29 is 0 Å². The predicted molar refractivity (Wildman–Crippen MR) is 77.8 cm³/mol. The molecule has 0 aromatic heterocycles. The molecule has 0 amide bonds. The second-order valence-corrected chi connectivity index (χ2v) is 4.43. The van der Waals surface area contributed by atoms with E-state index < -0.39 is 0 Å². The van der Waals surface area contributed by atoms with Crippen LogP contribution in [0.3, 0.4) is 0 Å². The standard InChI is InChI=1S/C13H11Cl2N3/c14-9-6-7-12(11(15)8-9)18-13(16)17-10-4-2-1-3-5-10/h1-8H,(H3,16,17,18). The molecule has 92 valence electrons. The van der Waals surface area contributed by atoms with E-state index in [2.05, 4.69) is 10.3 Å². The van der Waals surface area contributed by atoms with Gasteiger partial charge in [-0.3, -0.25) is 0 Å². The van der Waals surface area contributed by atoms with Gasteiger partial charge in [-0.25, -0.2) is 4.99 Å². The number of guanidine groups is 1. The maximum Gasteiger partial charge on any atom is 0.198 e. The maximum absolute atomic E-state index is 6.00. The van der Waals surface area contributed by atoms with Crippen molar-refractivity contribution in [1.29, 1.82) is 0 Å². The van der Waals surface area contributed by atoms with Gasteiger partial charge in [0.25, 0.3) is 0 Å². The molecule has 0 heterocycles. The SMILES string of the molecule is NC(=Nc1ccc(Cl)cc1Cl)Nc1ccccc1. The van der Waals surface area contributed by atoms with Gasteiger partial charge in [-0.05, 0) is 30.3 Å². The number of halogens is 2. The summed E-state index contributed by atoms with van der Waals surface area (Å²) in [5, 5.41) is 3.99. The highest BCUT2D eigenvalue weighted by molar-refractivity contribution is 6.36. The number of benzene rings is 2. The Kier molecular flexibility index (Phi) is 4.07. The van der Waals surface area contributed by atoms with Crippen molar-refractivity contribution in [3.8, 4) is 0 Å². The highest BCUT2D eigenvalue weighted by atomic mass is 35.5. The van der Waals surface area contributed by atoms with Crippen molar-refractivity contribution in [3.05, 3.63) is 58.6 Å². The second-order valence-electron chi connectivity index (χ2n) is 3.58. The van der Waals surface area contributed by atoms with Crippen molar-refractivity contribution in [2.75, 3.05) is 5.32 Å². The summed E-state index contributed by atoms with van der Waals surface area (Å²) < 4.78 is 0. The van der Waals surface area contributed by atoms with Crippen LogP contribution in [0.2, 0.25) is 10.0 Å². The largest absolute Gasteiger partial charge is 0.369 e. The van der Waals surface area contributed by atoms with Gasteiger partial charge in [0.1, 0.15) is 0 Å². The molecule has 0 aliphatic carbocycles. The van der Waals surface area contributed by atoms with Crippen molar-refractivity contribution in [3.63, 3.8) is 0 Å². The first-order valence-corrected chi connectivity index (χ1v) is 6.02. The van der Waals surface area contributed by atoms with Gasteiger partial charge in [-0.1, -0.05) is 41.4 Å². The zero-order chi connectivity index (χ0) is 13.0. The first-order chi connectivity index (χ1) is 8.65. The summed E-state index contributed by atoms with van der Waals surface area (Å²) in [4.78, 5) is 4.19. The maximum atomic E-state index is 6.00. The van der Waals surface area contributed by atoms with Gasteiger partial charge in [-0.15, -0.1) is 0 Å². The molecule has 18 heavy (non-hydrogen) atoms. The average Bonchev–Trinajstić information content (AvgIpc) is 2.34. The van der Waals surface area contributed by atoms with Crippen molar-refractivity contribution in [2.45, 2.75) is 0 Å². The van der Waals surface area contributed by atoms with Crippen LogP contribution >= 0.6 is 23.2 Å². The van der Waals surface area contributed by atoms with E-state index >= 15 is 0 Å². The van der Waals surface area contributed by atoms with Gasteiger partial charge in [0.05, 0.1) is 10.7 Å². The summed E-state index contributed by atoms with van der Waals surface area (Å²) in [6.07, 6.45) is 0. The molecule has 0 spiro atoms. The molecule has 0 saturated carbocycles. The zero-order valence-electron chi connectivity index (χ0n) is 9.40. The van der Waals surface area contributed by atoms with Gasteiger partial charge in [0.2, 0.25) is 0 Å². The first kappa shape index (κ1) is 12.7. The van der Waals surface area contributed by atoms with E-state index in [1.165, 1.54) is 0 Å². The first-order valence-electron chi connectivity index (χ1n) is 5.26. The van der Waals surface area contributed by atoms with E-state index in [1.54, 1.807) is 18.2 Å². The minimum Gasteiger partial charge on any atom is -0.369 e. The third kappa shape index (κ3) is 3.39. The monoisotopic (exact) mass is 279 g/mol. The number of hydrogen-bond acceptors (Lipinski definition) is 1. The van der Waals surface area contributed by atoms with Crippen molar-refractivity contribution >= 4 is 40.5 Å². The van der Waals surface area contributed by atoms with E-state index in [1.807, 2.05) is 30.3 Å². The Morgan fingerprint density at radius 2 is 1.78 bits per heavy atom. The van der Waals surface area contributed by atoms with E-state index in [0.717, 1.165) is 5.69 Å². The topological polar surface area (TPSA) is 50.4 Å². The van der Waals surface area contributed by atoms with Crippen molar-refractivity contribution in [1.82, 2.24) is 0 Å². The summed E-state index contributed by atoms with van der Waals surface area (Å²) in [5.41, 5.74) is 7.23. The molecular weight excluding hydrogens is 269 g/mol. The fourth-order valence-electron chi connectivity index (χ4n) is 1.40. The van der Waals surface area contributed by atoms with Crippen LogP contribution in [-0.4, -0.2) is 5.96 Å². The molecule has 5 heteroatoms. The quantitative estimate of drug-likeness (QED) is 0.644. The van der Waals surface area contributed by atoms with Gasteiger partial charge in [0.15, 0.2) is 5.96 Å². The Morgan fingerprint density at radius 3 is 2.44 bits per heavy atom. The number of anilines is 1. The Bertz CT molecular complexity index is 568. The molecule has 0 atom stereocenters. The number of rotatable bonds is 2. The van der Waals surface area contributed by atoms with Crippen LogP contribution in [0.15, 0.2) is 53.5 Å². The van der Waals surface area contributed by atoms with Gasteiger partial charge < -0.3 is 11.1 Å². The smallest absolute Gasteiger partial charge is 0.198 e. The summed E-state index contributed by atoms with van der Waals surface area (Å²) >= 11 is 11.8. The Hall–Kier alpha value is -1.71. The van der Waals surface area contributed by atoms with Crippen molar-refractivity contribution in [2.24, 2.45) is 10.7 Å². The number of nitrogens with one attached hydrogen (secondary N) is 1. The molecule has 0 saturated heterocycles. The Morgan fingerprint density at radius 1 is 1.06 bits per heavy atom. The molecule has 0 bridgehead atoms. The number of nitrogens with two attached hydrogens (primary N) is 1. The number of nitrogens with zero attached hydrogens (tertiary/aromatic N) is 1. The van der Waals surface area contributed by atoms with E-state index in [-0.39, 0.29) is 5.96 Å². The van der Waals surface area contributed by atoms with Crippen LogP contribution in [-0.2, 0) is 0 Å². The molecule has 2 rings (SSSR count). The van der Waals surface area contributed by atoms with Crippen LogP contribution in [0.5, 0.6) is 0 Å². The summed E-state index contributed by atoms with van der Waals surface area (Å²) in [5.74, 6) is 0.269. The normalized spacial score (nSPS) is 11.3. The van der Waals surface area contributed by atoms with Crippen LogP contribution in [0.1, 0.15) is 0 Å². The number of aliphatic imine (C=N–C) groups is 1. The molecule has 3 nitrogen and oxygen atoms in total. The number of hydrogen-bond donors (Lipinski definition) is 2. The van der Waals surface area contributed by atoms with Gasteiger partial charge >= 0.3 is 0 Å². The van der Waals surface area contributed by atoms with Gasteiger partial charge in [-0.2, -0.15) is 0 Å². The number of para-hydroxylation sites is 1. The molecule has 2 aromatic carbocycles. The van der Waals surface area contributed by atoms with Crippen LogP contribution in [0.25, 0.3) is 0 Å². The zero-order valence-corrected chi connectivity index (χ0v) is 10.9. The molecule has 0 aliphatic heterocycles. The van der Waals surface area contributed by atoms with Crippen LogP contribution in [0.4, 0.5) is 11.4 Å². The molecule has 2 aromatic rings. The molecule has 0 aliphatic rings. The predicted octanol–water partition coefficient (Wildman–Crippen LogP) is 4.05. The molecular formula is C13H11Cl2N3. The van der Waals surface area contributed by atoms with Gasteiger partial charge in [0, 0.05) is 10.7 Å². The fraction of sp³-hybridized carbons (Fsp3) is 0. The third-order valence-electron chi connectivity index (χ3n) is 2.20. The lowest BCUT2D eigenvalue weighted by atomic mass is 10.3. The van der Waals surface area contributed by atoms with E-state index in [4.69, 9.17) is 28.9 Å². The minimum atomic E-state index is 0.269. The second kappa shape index (κ2) is 5.76. The fourth-order valence-corrected chi connectivity index (χ4v) is 1.85. The van der Waals surface area contributed by atoms with Crippen LogP contribution in [0, 0.1) is 0 Å². The molecule has 0 fully saturated rings.